The number of carbonyl (C=O) groups excluding carboxylic acids is 1. The fraction of sp³-hybridized carbons (Fsp3) is 0.474. The van der Waals surface area contributed by atoms with Crippen molar-refractivity contribution in [2.24, 2.45) is 5.92 Å². The van der Waals surface area contributed by atoms with Crippen molar-refractivity contribution >= 4 is 11.6 Å². The summed E-state index contributed by atoms with van der Waals surface area (Å²) in [5.41, 5.74) is 3.49. The van der Waals surface area contributed by atoms with Crippen molar-refractivity contribution in [3.05, 3.63) is 36.7 Å². The Kier molecular flexibility index (Phi) is 4.70. The first-order valence-corrected chi connectivity index (χ1v) is 9.02. The number of hydrogen-bond donors (Lipinski definition) is 1. The molecule has 1 N–H and O–H groups in total. The van der Waals surface area contributed by atoms with Gasteiger partial charge in [-0.1, -0.05) is 12.1 Å². The summed E-state index contributed by atoms with van der Waals surface area (Å²) in [6.45, 7) is 4.71. The lowest BCUT2D eigenvalue weighted by molar-refractivity contribution is -0.140. The van der Waals surface area contributed by atoms with Gasteiger partial charge in [0, 0.05) is 49.5 Å². The van der Waals surface area contributed by atoms with Gasteiger partial charge >= 0.3 is 0 Å². The number of piperidine rings is 1. The molecule has 1 aromatic heterocycles. The first-order chi connectivity index (χ1) is 12.3. The minimum atomic E-state index is 0.166. The molecular formula is C19H24N4O2. The number of morpholine rings is 1. The minimum Gasteiger partial charge on any atom is -0.378 e. The summed E-state index contributed by atoms with van der Waals surface area (Å²) in [4.78, 5) is 17.0. The van der Waals surface area contributed by atoms with Crippen molar-refractivity contribution < 1.29 is 9.53 Å². The van der Waals surface area contributed by atoms with E-state index < -0.39 is 0 Å². The third kappa shape index (κ3) is 3.54. The Morgan fingerprint density at radius 2 is 1.76 bits per heavy atom. The first kappa shape index (κ1) is 16.1. The van der Waals surface area contributed by atoms with Crippen molar-refractivity contribution in [3.8, 4) is 11.1 Å². The number of aromatic nitrogens is 2. The average Bonchev–Trinajstić information content (AvgIpc) is 3.23. The molecular weight excluding hydrogens is 316 g/mol. The standard InChI is InChI=1S/C19H24N4O2/c24-19(23-9-11-25-12-10-23)16-5-7-22(8-6-16)18-3-1-15(2-4-18)17-13-20-21-14-17/h1-4,13-14,16H,5-12H2,(H,20,21). The van der Waals surface area contributed by atoms with E-state index in [1.54, 1.807) is 0 Å². The van der Waals surface area contributed by atoms with E-state index in [0.29, 0.717) is 19.1 Å². The molecule has 0 spiro atoms. The molecule has 0 saturated carbocycles. The van der Waals surface area contributed by atoms with Crippen LogP contribution in [-0.2, 0) is 9.53 Å². The second-order valence-electron chi connectivity index (χ2n) is 6.73. The topological polar surface area (TPSA) is 61.5 Å². The van der Waals surface area contributed by atoms with Crippen LogP contribution in [0.5, 0.6) is 0 Å². The van der Waals surface area contributed by atoms with E-state index >= 15 is 0 Å². The number of H-pyrrole nitrogens is 1. The van der Waals surface area contributed by atoms with Crippen LogP contribution < -0.4 is 4.90 Å². The van der Waals surface area contributed by atoms with E-state index in [-0.39, 0.29) is 5.92 Å². The van der Waals surface area contributed by atoms with Crippen LogP contribution in [0, 0.1) is 5.92 Å². The predicted octanol–water partition coefficient (Wildman–Crippen LogP) is 2.15. The number of hydrogen-bond acceptors (Lipinski definition) is 4. The van der Waals surface area contributed by atoms with Gasteiger partial charge in [-0.3, -0.25) is 9.89 Å². The maximum Gasteiger partial charge on any atom is 0.225 e. The number of amides is 1. The Morgan fingerprint density at radius 3 is 2.40 bits per heavy atom. The number of benzene rings is 1. The van der Waals surface area contributed by atoms with Gasteiger partial charge in [-0.05, 0) is 30.5 Å². The summed E-state index contributed by atoms with van der Waals surface area (Å²) < 4.78 is 5.34. The Morgan fingerprint density at radius 1 is 1.04 bits per heavy atom. The fourth-order valence-electron chi connectivity index (χ4n) is 3.70. The van der Waals surface area contributed by atoms with Crippen LogP contribution in [0.2, 0.25) is 0 Å². The summed E-state index contributed by atoms with van der Waals surface area (Å²) in [6.07, 6.45) is 5.59. The van der Waals surface area contributed by atoms with Gasteiger partial charge in [0.15, 0.2) is 0 Å². The van der Waals surface area contributed by atoms with E-state index in [9.17, 15) is 4.79 Å². The van der Waals surface area contributed by atoms with Crippen molar-refractivity contribution in [1.82, 2.24) is 15.1 Å². The normalized spacial score (nSPS) is 19.2. The summed E-state index contributed by atoms with van der Waals surface area (Å²) in [7, 11) is 0. The maximum absolute atomic E-state index is 12.6. The van der Waals surface area contributed by atoms with Crippen LogP contribution in [0.4, 0.5) is 5.69 Å². The molecule has 2 saturated heterocycles. The average molecular weight is 340 g/mol. The highest BCUT2D eigenvalue weighted by molar-refractivity contribution is 5.79. The molecule has 0 bridgehead atoms. The molecule has 2 fully saturated rings. The molecule has 1 amide bonds. The van der Waals surface area contributed by atoms with Crippen molar-refractivity contribution in [2.75, 3.05) is 44.3 Å². The number of aromatic amines is 1. The summed E-state index contributed by atoms with van der Waals surface area (Å²) in [5.74, 6) is 0.484. The summed E-state index contributed by atoms with van der Waals surface area (Å²) >= 11 is 0. The van der Waals surface area contributed by atoms with E-state index in [0.717, 1.165) is 50.1 Å². The van der Waals surface area contributed by atoms with Crippen LogP contribution in [-0.4, -0.2) is 60.4 Å². The van der Waals surface area contributed by atoms with Gasteiger partial charge in [-0.15, -0.1) is 0 Å². The SMILES string of the molecule is O=C(C1CCN(c2ccc(-c3cn[nH]c3)cc2)CC1)N1CCOCC1. The van der Waals surface area contributed by atoms with Crippen LogP contribution in [0.1, 0.15) is 12.8 Å². The molecule has 0 unspecified atom stereocenters. The lowest BCUT2D eigenvalue weighted by Gasteiger charge is -2.36. The molecule has 2 aliphatic heterocycles. The van der Waals surface area contributed by atoms with E-state index in [1.165, 1.54) is 5.69 Å². The molecule has 6 heteroatoms. The third-order valence-electron chi connectivity index (χ3n) is 5.23. The molecule has 6 nitrogen and oxygen atoms in total. The van der Waals surface area contributed by atoms with Gasteiger partial charge in [-0.25, -0.2) is 0 Å². The molecule has 3 heterocycles. The second kappa shape index (κ2) is 7.27. The van der Waals surface area contributed by atoms with Gasteiger partial charge in [0.2, 0.25) is 5.91 Å². The molecule has 132 valence electrons. The highest BCUT2D eigenvalue weighted by Crippen LogP contribution is 2.27. The molecule has 2 aliphatic rings. The van der Waals surface area contributed by atoms with Crippen LogP contribution in [0.25, 0.3) is 11.1 Å². The monoisotopic (exact) mass is 340 g/mol. The molecule has 0 atom stereocenters. The molecule has 0 aliphatic carbocycles. The summed E-state index contributed by atoms with van der Waals surface area (Å²) in [5, 5.41) is 6.84. The molecule has 4 rings (SSSR count). The largest absolute Gasteiger partial charge is 0.378 e. The fourth-order valence-corrected chi connectivity index (χ4v) is 3.70. The number of nitrogens with one attached hydrogen (secondary N) is 1. The number of carbonyl (C=O) groups is 1. The second-order valence-corrected chi connectivity index (χ2v) is 6.73. The molecule has 25 heavy (non-hydrogen) atoms. The third-order valence-corrected chi connectivity index (χ3v) is 5.23. The van der Waals surface area contributed by atoms with Gasteiger partial charge in [0.1, 0.15) is 0 Å². The predicted molar refractivity (Wildman–Crippen MR) is 96.4 cm³/mol. The zero-order valence-electron chi connectivity index (χ0n) is 14.4. The van der Waals surface area contributed by atoms with Gasteiger partial charge < -0.3 is 14.5 Å². The maximum atomic E-state index is 12.6. The lowest BCUT2D eigenvalue weighted by atomic mass is 9.94. The Bertz CT molecular complexity index is 685. The number of rotatable bonds is 3. The van der Waals surface area contributed by atoms with E-state index in [1.807, 2.05) is 17.3 Å². The van der Waals surface area contributed by atoms with Crippen LogP contribution in [0.15, 0.2) is 36.7 Å². The quantitative estimate of drug-likeness (QED) is 0.930. The molecule has 0 radical (unpaired) electrons. The van der Waals surface area contributed by atoms with Gasteiger partial charge in [0.05, 0.1) is 19.4 Å². The number of ether oxygens (including phenoxy) is 1. The highest BCUT2D eigenvalue weighted by atomic mass is 16.5. The molecule has 2 aromatic rings. The van der Waals surface area contributed by atoms with Crippen molar-refractivity contribution in [1.29, 1.82) is 0 Å². The minimum absolute atomic E-state index is 0.166. The lowest BCUT2D eigenvalue weighted by Crippen LogP contribution is -2.46. The smallest absolute Gasteiger partial charge is 0.225 e. The highest BCUT2D eigenvalue weighted by Gasteiger charge is 2.29. The van der Waals surface area contributed by atoms with E-state index in [2.05, 4.69) is 39.4 Å². The zero-order valence-corrected chi connectivity index (χ0v) is 14.4. The zero-order chi connectivity index (χ0) is 17.1. The number of anilines is 1. The molecule has 1 aromatic carbocycles. The first-order valence-electron chi connectivity index (χ1n) is 9.02. The van der Waals surface area contributed by atoms with Gasteiger partial charge in [-0.2, -0.15) is 5.10 Å². The van der Waals surface area contributed by atoms with Crippen molar-refractivity contribution in [3.63, 3.8) is 0 Å². The Labute approximate surface area is 147 Å². The van der Waals surface area contributed by atoms with Crippen LogP contribution in [0.3, 0.4) is 0 Å². The Hall–Kier alpha value is -2.34. The van der Waals surface area contributed by atoms with Crippen LogP contribution >= 0.6 is 0 Å². The Balaban J connectivity index is 1.34. The summed E-state index contributed by atoms with van der Waals surface area (Å²) in [6, 6.07) is 8.58. The van der Waals surface area contributed by atoms with Gasteiger partial charge in [0.25, 0.3) is 0 Å². The van der Waals surface area contributed by atoms with E-state index in [4.69, 9.17) is 4.74 Å². The van der Waals surface area contributed by atoms with Crippen molar-refractivity contribution in [2.45, 2.75) is 12.8 Å². The number of nitrogens with zero attached hydrogens (tertiary/aromatic N) is 3.